The Bertz CT molecular complexity index is 8320. The molecule has 0 fully saturated rings. The van der Waals surface area contributed by atoms with Crippen LogP contribution in [0.3, 0.4) is 0 Å². The van der Waals surface area contributed by atoms with Gasteiger partial charge in [0.25, 0.3) is 6.71 Å². The zero-order valence-corrected chi connectivity index (χ0v) is 60.6. The van der Waals surface area contributed by atoms with Gasteiger partial charge in [0.2, 0.25) is 0 Å². The molecule has 0 atom stereocenters. The largest absolute Gasteiger partial charge is 0.456 e. The Morgan fingerprint density at radius 3 is 1.54 bits per heavy atom. The summed E-state index contributed by atoms with van der Waals surface area (Å²) < 4.78 is 145. The van der Waals surface area contributed by atoms with Gasteiger partial charge in [0.15, 0.2) is 5.69 Å². The number of nitrogens with zero attached hydrogens (tertiary/aromatic N) is 6. The van der Waals surface area contributed by atoms with Crippen LogP contribution in [0.1, 0.15) is 51.1 Å². The molecular weight excluding hydrogens is 1360 g/mol. The molecule has 0 N–H and O–H groups in total. The average Bonchev–Trinajstić information content (AvgIpc) is 0.922. The molecule has 20 aromatic rings. The molecule has 2 aliphatic heterocycles. The zero-order valence-electron chi connectivity index (χ0n) is 74.6. The Balaban J connectivity index is 0.969. The first kappa shape index (κ1) is 51.6. The van der Waals surface area contributed by atoms with E-state index in [0.717, 1.165) is 105 Å². The molecule has 522 valence electrons. The second kappa shape index (κ2) is 24.9. The second-order valence-electron chi connectivity index (χ2n) is 29.7. The fourth-order valence-corrected chi connectivity index (χ4v) is 17.6. The van der Waals surface area contributed by atoms with Crippen molar-refractivity contribution in [3.05, 3.63) is 374 Å². The van der Waals surface area contributed by atoms with E-state index < -0.39 is 108 Å². The lowest BCUT2D eigenvalue weighted by Gasteiger charge is -2.46. The van der Waals surface area contributed by atoms with E-state index in [1.54, 1.807) is 9.13 Å². The van der Waals surface area contributed by atoms with Gasteiger partial charge in [0, 0.05) is 86.1 Å². The number of rotatable bonds is 9. The summed E-state index contributed by atoms with van der Waals surface area (Å²) in [5.41, 5.74) is 15.5. The van der Waals surface area contributed by atoms with Gasteiger partial charge >= 0.3 is 0 Å². The van der Waals surface area contributed by atoms with Gasteiger partial charge in [-0.1, -0.05) is 263 Å². The molecular formula is C104H67BN6O. The van der Waals surface area contributed by atoms with Gasteiger partial charge in [-0.2, -0.15) is 5.26 Å². The highest BCUT2D eigenvalue weighted by atomic mass is 16.3. The van der Waals surface area contributed by atoms with Crippen LogP contribution in [-0.2, 0) is 5.41 Å². The number of hydrogen-bond donors (Lipinski definition) is 0. The molecule has 0 saturated heterocycles. The van der Waals surface area contributed by atoms with Crippen molar-refractivity contribution in [3.63, 3.8) is 0 Å². The third kappa shape index (κ3) is 9.85. The smallest absolute Gasteiger partial charge is 0.252 e. The summed E-state index contributed by atoms with van der Waals surface area (Å²) in [4.78, 5) is 8.25. The van der Waals surface area contributed by atoms with Gasteiger partial charge < -0.3 is 23.4 Å². The highest BCUT2D eigenvalue weighted by Gasteiger charge is 2.46. The van der Waals surface area contributed by atoms with Crippen LogP contribution in [0.15, 0.2) is 356 Å². The molecule has 5 heterocycles. The minimum absolute atomic E-state index is 0.0842. The molecule has 3 aromatic heterocycles. The third-order valence-electron chi connectivity index (χ3n) is 22.6. The minimum atomic E-state index is -0.849. The molecule has 0 unspecified atom stereocenters. The van der Waals surface area contributed by atoms with Crippen molar-refractivity contribution < 1.29 is 23.6 Å². The molecule has 0 aliphatic carbocycles. The number of anilines is 6. The summed E-state index contributed by atoms with van der Waals surface area (Å²) >= 11 is 0. The molecule has 17 aromatic carbocycles. The van der Waals surface area contributed by atoms with E-state index in [1.807, 2.05) is 140 Å². The standard InChI is InChI=1S/C104H67BN6O/c1-104(2,3)71-58-84(66-26-10-6-11-27-66)103(85(59-71)67-28-12-7-13-29-67)111-96-62-73(108-91-39-19-16-32-80(91)86-54-64(63-106)42-51-93(86)108)46-50-90(96)105-89-49-47-74(109-92-40-20-17-33-81(92)87-60-72(107-4)45-52-94(87)109)61-95(89)110(97-56-70(57-98(111)101(97)105)69-44-53-100-88(55-69)82-34-18-21-41-99(82)112-100)102-76(65-24-8-5-9-25-65)35-22-38-83(102)78-37-23-36-77-75-31-15-14-30-68(75)43-48-79(77)78/h5-62H,1-3H3/i16D,17D,19D,20D,32D,33D,39D,40D,42D,45D,51D,52D,54D,60D. The van der Waals surface area contributed by atoms with Crippen molar-refractivity contribution >= 4 is 150 Å². The number of furan rings is 1. The van der Waals surface area contributed by atoms with Crippen molar-refractivity contribution in [2.24, 2.45) is 0 Å². The Morgan fingerprint density at radius 1 is 0.384 bits per heavy atom. The molecule has 0 radical (unpaired) electrons. The Labute approximate surface area is 667 Å². The van der Waals surface area contributed by atoms with E-state index in [1.165, 1.54) is 0 Å². The van der Waals surface area contributed by atoms with Crippen molar-refractivity contribution in [1.82, 2.24) is 9.13 Å². The van der Waals surface area contributed by atoms with E-state index in [0.29, 0.717) is 50.5 Å². The summed E-state index contributed by atoms with van der Waals surface area (Å²) in [6, 6.07) is 85.5. The van der Waals surface area contributed by atoms with Crippen LogP contribution in [0.2, 0.25) is 0 Å². The summed E-state index contributed by atoms with van der Waals surface area (Å²) in [5.74, 6) is 0. The van der Waals surface area contributed by atoms with E-state index in [4.69, 9.17) is 11.0 Å². The lowest BCUT2D eigenvalue weighted by atomic mass is 9.33. The fourth-order valence-electron chi connectivity index (χ4n) is 17.6. The van der Waals surface area contributed by atoms with E-state index in [2.05, 4.69) is 169 Å². The van der Waals surface area contributed by atoms with Crippen LogP contribution in [0.5, 0.6) is 0 Å². The maximum atomic E-state index is 10.8. The number of nitriles is 1. The van der Waals surface area contributed by atoms with Gasteiger partial charge in [0.05, 0.1) is 68.1 Å². The summed E-state index contributed by atoms with van der Waals surface area (Å²) in [6.07, 6.45) is 0. The number of hydrogen-bond acceptors (Lipinski definition) is 4. The molecule has 0 amide bonds. The highest BCUT2D eigenvalue weighted by molar-refractivity contribution is 7.00. The minimum Gasteiger partial charge on any atom is -0.456 e. The lowest BCUT2D eigenvalue weighted by Crippen LogP contribution is -2.61. The molecule has 112 heavy (non-hydrogen) atoms. The number of fused-ring (bicyclic) bond motifs is 16. The van der Waals surface area contributed by atoms with E-state index in [9.17, 15) is 24.5 Å². The summed E-state index contributed by atoms with van der Waals surface area (Å²) in [7, 11) is 0. The van der Waals surface area contributed by atoms with Crippen molar-refractivity contribution in [2.75, 3.05) is 9.80 Å². The first-order chi connectivity index (χ1) is 60.9. The monoisotopic (exact) mass is 1440 g/mol. The molecule has 0 saturated carbocycles. The molecule has 7 nitrogen and oxygen atoms in total. The topological polar surface area (TPSA) is 57.6 Å². The number of benzene rings is 17. The SMILES string of the molecule is [2H]c1c([2H])c([2H])c2c(c1[2H])c1c([2H])c(C#N)c([2H])c([2H])c1n2-c1ccc2c(c1)N(c1c(-c3ccccc3)cc(C(C)(C)C)cc1-c1ccccc1)c1cc(-c3ccc4oc5ccccc5c4c3)cc3c1B2c1ccc(-n2c4c([2H])c([2H])c([2H])c([2H])c4c4c([2H])c([N+]#[C-])c([2H])c([2H])c42)cc1N3c1c(-c2ccccc2)cccc1-c1cccc2c1ccc1ccccc12. The quantitative estimate of drug-likeness (QED) is 0.0821. The Morgan fingerprint density at radius 2 is 0.911 bits per heavy atom. The van der Waals surface area contributed by atoms with Crippen LogP contribution in [0.4, 0.5) is 39.8 Å². The van der Waals surface area contributed by atoms with Crippen LogP contribution in [0.25, 0.3) is 159 Å². The van der Waals surface area contributed by atoms with Crippen LogP contribution in [-0.4, -0.2) is 15.8 Å². The molecule has 0 spiro atoms. The molecule has 2 aliphatic rings. The first-order valence-corrected chi connectivity index (χ1v) is 37.2. The number of aromatic nitrogens is 2. The maximum Gasteiger partial charge on any atom is 0.252 e. The van der Waals surface area contributed by atoms with Crippen LogP contribution < -0.4 is 26.2 Å². The van der Waals surface area contributed by atoms with Gasteiger partial charge in [0.1, 0.15) is 11.2 Å². The van der Waals surface area contributed by atoms with Gasteiger partial charge in [-0.25, -0.2) is 4.85 Å². The normalized spacial score (nSPS) is 14.3. The summed E-state index contributed by atoms with van der Waals surface area (Å²) in [5, 5.41) is 16.1. The maximum absolute atomic E-state index is 10.8. The van der Waals surface area contributed by atoms with Gasteiger partial charge in [-0.3, -0.25) is 0 Å². The third-order valence-corrected chi connectivity index (χ3v) is 22.6. The predicted molar refractivity (Wildman–Crippen MR) is 468 cm³/mol. The van der Waals surface area contributed by atoms with Crippen molar-refractivity contribution in [1.29, 1.82) is 5.26 Å². The van der Waals surface area contributed by atoms with E-state index >= 15 is 0 Å². The lowest BCUT2D eigenvalue weighted by molar-refractivity contribution is 0.591. The molecule has 8 heteroatoms. The van der Waals surface area contributed by atoms with E-state index in [-0.39, 0.29) is 55.0 Å². The van der Waals surface area contributed by atoms with Crippen molar-refractivity contribution in [3.8, 4) is 73.1 Å². The van der Waals surface area contributed by atoms with Crippen molar-refractivity contribution in [2.45, 2.75) is 26.2 Å². The van der Waals surface area contributed by atoms with Crippen LogP contribution >= 0.6 is 0 Å². The zero-order chi connectivity index (χ0) is 86.8. The predicted octanol–water partition coefficient (Wildman–Crippen LogP) is 26.2. The highest BCUT2D eigenvalue weighted by Crippen LogP contribution is 2.56. The second-order valence-corrected chi connectivity index (χ2v) is 29.7. The fraction of sp³-hybridized carbons (Fsp3) is 0.0385. The molecule has 22 rings (SSSR count). The Kier molecular flexibility index (Phi) is 11.5. The molecule has 0 bridgehead atoms. The summed E-state index contributed by atoms with van der Waals surface area (Å²) in [6.45, 7) is 14.1. The first-order valence-electron chi connectivity index (χ1n) is 44.2. The van der Waals surface area contributed by atoms with Crippen LogP contribution in [0, 0.1) is 17.9 Å². The van der Waals surface area contributed by atoms with Gasteiger partial charge in [-0.05, 0) is 197 Å². The Hall–Kier alpha value is -14.7. The number of para-hydroxylation sites is 4. The van der Waals surface area contributed by atoms with Gasteiger partial charge in [-0.15, -0.1) is 0 Å². The average molecular weight is 1440 g/mol.